The first-order chi connectivity index (χ1) is 21.5. The molecule has 8 nitrogen and oxygen atoms in total. The summed E-state index contributed by atoms with van der Waals surface area (Å²) in [6.45, 7) is 9.03. The van der Waals surface area contributed by atoms with Gasteiger partial charge in [-0.25, -0.2) is 9.97 Å². The lowest BCUT2D eigenvalue weighted by Gasteiger charge is -2.70. The zero-order chi connectivity index (χ0) is 31.6. The summed E-state index contributed by atoms with van der Waals surface area (Å²) in [4.78, 5) is 23.6. The van der Waals surface area contributed by atoms with E-state index in [2.05, 4.69) is 61.8 Å². The maximum absolute atomic E-state index is 12.9. The zero-order valence-corrected chi connectivity index (χ0v) is 25.8. The third-order valence-electron chi connectivity index (χ3n) is 9.87. The zero-order valence-electron chi connectivity index (χ0n) is 25.0. The molecule has 3 aliphatic carbocycles. The van der Waals surface area contributed by atoms with Crippen molar-refractivity contribution in [2.24, 2.45) is 5.41 Å². The number of nitrogens with one attached hydrogen (secondary N) is 2. The molecule has 0 radical (unpaired) electrons. The smallest absolute Gasteiger partial charge is 0.367 e. The Hall–Kier alpha value is -3.95. The fourth-order valence-corrected chi connectivity index (χ4v) is 8.90. The SMILES string of the molecule is C=CC(=O)NC12CC(Cn3c(C#N)cc4c(C)c(CN5CCC(Nc6ncnc7sc(CC(F)(F)F)cc67)CC5)ccc43)(C1)C2. The van der Waals surface area contributed by atoms with Crippen molar-refractivity contribution in [2.45, 2.75) is 76.3 Å². The molecule has 4 heterocycles. The van der Waals surface area contributed by atoms with Crippen molar-refractivity contribution in [1.29, 1.82) is 5.26 Å². The lowest BCUT2D eigenvalue weighted by Crippen LogP contribution is -2.75. The number of benzene rings is 1. The number of thiophene rings is 1. The first kappa shape index (κ1) is 29.7. The standard InChI is InChI=1S/C33H34F3N7OS/c1-3-28(44)41-32-15-31(16-32,17-32)18-43-23(13-37)10-25-20(2)21(4-5-27(25)43)14-42-8-6-22(7-9-42)40-29-26-11-24(12-33(34,35)36)45-30(26)39-19-38-29/h3-5,10-11,19,22H,1,6-9,12,14-18H2,2H3,(H,41,44)(H,38,39,40). The number of nitrogens with zero attached hydrogens (tertiary/aromatic N) is 5. The van der Waals surface area contributed by atoms with Crippen LogP contribution in [-0.4, -0.2) is 56.2 Å². The molecule has 8 rings (SSSR count). The van der Waals surface area contributed by atoms with Gasteiger partial charge in [-0.15, -0.1) is 11.3 Å². The number of aromatic nitrogens is 3. The van der Waals surface area contributed by atoms with E-state index in [-0.39, 0.29) is 27.8 Å². The molecule has 12 heteroatoms. The van der Waals surface area contributed by atoms with Gasteiger partial charge in [0.15, 0.2) is 0 Å². The number of anilines is 1. The number of aryl methyl sites for hydroxylation is 1. The highest BCUT2D eigenvalue weighted by Gasteiger charge is 2.68. The number of fused-ring (bicyclic) bond motifs is 2. The molecule has 45 heavy (non-hydrogen) atoms. The van der Waals surface area contributed by atoms with E-state index < -0.39 is 12.6 Å². The maximum Gasteiger partial charge on any atom is 0.393 e. The van der Waals surface area contributed by atoms with Crippen LogP contribution < -0.4 is 10.6 Å². The van der Waals surface area contributed by atoms with Crippen LogP contribution in [0.2, 0.25) is 0 Å². The van der Waals surface area contributed by atoms with Crippen molar-refractivity contribution in [3.8, 4) is 6.07 Å². The van der Waals surface area contributed by atoms with Crippen molar-refractivity contribution in [1.82, 2.24) is 24.8 Å². The van der Waals surface area contributed by atoms with E-state index in [0.717, 1.165) is 80.5 Å². The van der Waals surface area contributed by atoms with Gasteiger partial charge in [0.25, 0.3) is 0 Å². The van der Waals surface area contributed by atoms with Gasteiger partial charge >= 0.3 is 6.18 Å². The van der Waals surface area contributed by atoms with E-state index in [9.17, 15) is 23.2 Å². The van der Waals surface area contributed by atoms with Crippen LogP contribution in [0, 0.1) is 23.7 Å². The fraction of sp³-hybridized carbons (Fsp3) is 0.455. The number of amides is 1. The second-order valence-electron chi connectivity index (χ2n) is 13.2. The lowest BCUT2D eigenvalue weighted by atomic mass is 9.39. The van der Waals surface area contributed by atoms with Crippen LogP contribution in [-0.2, 0) is 24.3 Å². The Kier molecular flexibility index (Phi) is 7.17. The Bertz CT molecular complexity index is 1840. The van der Waals surface area contributed by atoms with Crippen molar-refractivity contribution in [3.63, 3.8) is 0 Å². The fourth-order valence-electron chi connectivity index (χ4n) is 7.88. The summed E-state index contributed by atoms with van der Waals surface area (Å²) < 4.78 is 40.9. The van der Waals surface area contributed by atoms with E-state index in [1.54, 1.807) is 6.07 Å². The van der Waals surface area contributed by atoms with E-state index in [1.165, 1.54) is 23.5 Å². The highest BCUT2D eigenvalue weighted by Crippen LogP contribution is 2.68. The third-order valence-corrected chi connectivity index (χ3v) is 10.9. The van der Waals surface area contributed by atoms with Gasteiger partial charge in [-0.05, 0) is 79.8 Å². The Morgan fingerprint density at radius 2 is 1.96 bits per heavy atom. The average Bonchev–Trinajstić information content (AvgIpc) is 3.54. The molecular weight excluding hydrogens is 599 g/mol. The summed E-state index contributed by atoms with van der Waals surface area (Å²) in [7, 11) is 0. The second-order valence-corrected chi connectivity index (χ2v) is 14.3. The maximum atomic E-state index is 12.9. The Balaban J connectivity index is 0.990. The number of carbonyl (C=O) groups is 1. The molecule has 3 saturated carbocycles. The third kappa shape index (κ3) is 5.57. The number of piperidine rings is 1. The highest BCUT2D eigenvalue weighted by atomic mass is 32.1. The van der Waals surface area contributed by atoms with Crippen molar-refractivity contribution in [3.05, 3.63) is 64.9 Å². The van der Waals surface area contributed by atoms with Gasteiger partial charge in [0.05, 0.1) is 11.8 Å². The molecule has 0 spiro atoms. The van der Waals surface area contributed by atoms with Gasteiger partial charge in [0.1, 0.15) is 28.7 Å². The average molecular weight is 634 g/mol. The van der Waals surface area contributed by atoms with Crippen molar-refractivity contribution >= 4 is 44.2 Å². The largest absolute Gasteiger partial charge is 0.393 e. The Labute approximate surface area is 262 Å². The van der Waals surface area contributed by atoms with Crippen LogP contribution in [0.25, 0.3) is 21.1 Å². The van der Waals surface area contributed by atoms with E-state index >= 15 is 0 Å². The van der Waals surface area contributed by atoms with Crippen LogP contribution in [0.5, 0.6) is 0 Å². The number of halogens is 3. The van der Waals surface area contributed by atoms with Gasteiger partial charge in [-0.3, -0.25) is 9.69 Å². The van der Waals surface area contributed by atoms with Crippen molar-refractivity contribution < 1.29 is 18.0 Å². The summed E-state index contributed by atoms with van der Waals surface area (Å²) in [5.74, 6) is 0.473. The van der Waals surface area contributed by atoms with Crippen LogP contribution in [0.4, 0.5) is 19.0 Å². The first-order valence-corrected chi connectivity index (χ1v) is 16.0. The molecule has 1 aromatic carbocycles. The summed E-state index contributed by atoms with van der Waals surface area (Å²) in [6, 6.07) is 10.5. The molecule has 4 aromatic rings. The van der Waals surface area contributed by atoms with Gasteiger partial charge in [0.2, 0.25) is 5.91 Å². The Morgan fingerprint density at radius 1 is 1.20 bits per heavy atom. The van der Waals surface area contributed by atoms with Crippen LogP contribution in [0.15, 0.2) is 43.2 Å². The monoisotopic (exact) mass is 633 g/mol. The molecule has 3 aromatic heterocycles. The van der Waals surface area contributed by atoms with E-state index in [0.29, 0.717) is 21.7 Å². The van der Waals surface area contributed by atoms with Crippen molar-refractivity contribution in [2.75, 3.05) is 18.4 Å². The minimum Gasteiger partial charge on any atom is -0.367 e. The number of nitriles is 1. The molecular formula is C33H34F3N7OS. The Morgan fingerprint density at radius 3 is 2.64 bits per heavy atom. The van der Waals surface area contributed by atoms with Gasteiger partial charge in [-0.1, -0.05) is 12.6 Å². The molecule has 1 saturated heterocycles. The quantitative estimate of drug-likeness (QED) is 0.212. The second kappa shape index (κ2) is 10.8. The molecule has 4 fully saturated rings. The normalized spacial score (nSPS) is 23.4. The minimum absolute atomic E-state index is 0.0990. The number of hydrogen-bond acceptors (Lipinski definition) is 7. The number of alkyl halides is 3. The number of hydrogen-bond donors (Lipinski definition) is 2. The number of rotatable bonds is 9. The summed E-state index contributed by atoms with van der Waals surface area (Å²) in [6.07, 6.45) is 2.08. The first-order valence-electron chi connectivity index (χ1n) is 15.2. The van der Waals surface area contributed by atoms with Gasteiger partial charge in [-0.2, -0.15) is 18.4 Å². The molecule has 2 bridgehead atoms. The van der Waals surface area contributed by atoms with E-state index in [1.807, 2.05) is 6.07 Å². The van der Waals surface area contributed by atoms with E-state index in [4.69, 9.17) is 0 Å². The summed E-state index contributed by atoms with van der Waals surface area (Å²) in [5, 5.41) is 18.3. The molecule has 0 unspecified atom stereocenters. The van der Waals surface area contributed by atoms with Crippen LogP contribution in [0.3, 0.4) is 0 Å². The van der Waals surface area contributed by atoms with Crippen LogP contribution >= 0.6 is 11.3 Å². The molecule has 0 atom stereocenters. The van der Waals surface area contributed by atoms with Gasteiger partial charge in [0, 0.05) is 53.5 Å². The lowest BCUT2D eigenvalue weighted by molar-refractivity contribution is -0.169. The van der Waals surface area contributed by atoms with Gasteiger partial charge < -0.3 is 15.2 Å². The highest BCUT2D eigenvalue weighted by molar-refractivity contribution is 7.18. The topological polar surface area (TPSA) is 98.9 Å². The molecule has 1 amide bonds. The molecule has 1 aliphatic heterocycles. The summed E-state index contributed by atoms with van der Waals surface area (Å²) >= 11 is 1.06. The predicted molar refractivity (Wildman–Crippen MR) is 168 cm³/mol. The van der Waals surface area contributed by atoms with Crippen LogP contribution in [0.1, 0.15) is 53.8 Å². The molecule has 2 N–H and O–H groups in total. The molecule has 234 valence electrons. The molecule has 4 aliphatic rings. The number of likely N-dealkylation sites (tertiary alicyclic amines) is 1. The minimum atomic E-state index is -4.26. The summed E-state index contributed by atoms with van der Waals surface area (Å²) in [5.41, 5.74) is 4.20. The number of carbonyl (C=O) groups excluding carboxylic acids is 1. The predicted octanol–water partition coefficient (Wildman–Crippen LogP) is 6.23.